The van der Waals surface area contributed by atoms with Crippen molar-refractivity contribution in [3.8, 4) is 0 Å². The van der Waals surface area contributed by atoms with Gasteiger partial charge < -0.3 is 16.2 Å². The molecule has 1 aromatic rings. The van der Waals surface area contributed by atoms with Crippen LogP contribution in [0.15, 0.2) is 43.0 Å². The lowest BCUT2D eigenvalue weighted by Crippen LogP contribution is -2.62. The van der Waals surface area contributed by atoms with Crippen molar-refractivity contribution in [2.24, 2.45) is 57.0 Å². The molecule has 0 bridgehead atoms. The third-order valence-electron chi connectivity index (χ3n) is 13.4. The van der Waals surface area contributed by atoms with E-state index in [1.54, 1.807) is 18.2 Å². The summed E-state index contributed by atoms with van der Waals surface area (Å²) in [7, 11) is 0. The lowest BCUT2D eigenvalue weighted by Gasteiger charge is -2.68. The van der Waals surface area contributed by atoms with Crippen molar-refractivity contribution in [1.82, 2.24) is 5.32 Å². The highest BCUT2D eigenvalue weighted by molar-refractivity contribution is 5.88. The number of hydrogen-bond donors (Lipinski definition) is 3. The fourth-order valence-corrected chi connectivity index (χ4v) is 11.9. The molecular formula is C38H56N2O3. The molecule has 1 amide bonds. The van der Waals surface area contributed by atoms with Gasteiger partial charge >= 0.3 is 5.97 Å². The Labute approximate surface area is 260 Å². The van der Waals surface area contributed by atoms with Crippen LogP contribution in [0, 0.1) is 51.2 Å². The molecular weight excluding hydrogens is 532 g/mol. The number of benzene rings is 1. The number of nitrogens with one attached hydrogen (secondary N) is 1. The van der Waals surface area contributed by atoms with E-state index in [9.17, 15) is 14.7 Å². The zero-order chi connectivity index (χ0) is 31.2. The number of aromatic carboxylic acids is 1. The molecule has 0 radical (unpaired) electrons. The number of carboxylic acids is 1. The number of fused-ring (bicyclic) bond motifs is 7. The molecule has 8 unspecified atom stereocenters. The lowest BCUT2D eigenvalue weighted by molar-refractivity contribution is -0.181. The third-order valence-corrected chi connectivity index (χ3v) is 13.4. The SMILES string of the molecule is C=CC.CC1(C)C(c2ccc(C(=O)O)cc2)=CCC2(C)C1CCC1(C)C3CCC4(C(=O)NCCN)CCCC4C3CCC12. The van der Waals surface area contributed by atoms with Crippen molar-refractivity contribution in [3.63, 3.8) is 0 Å². The highest BCUT2D eigenvalue weighted by Crippen LogP contribution is 2.73. The minimum atomic E-state index is -0.869. The average Bonchev–Trinajstić information content (AvgIpc) is 3.42. The van der Waals surface area contributed by atoms with E-state index in [0.29, 0.717) is 53.6 Å². The van der Waals surface area contributed by atoms with Gasteiger partial charge in [0.1, 0.15) is 0 Å². The van der Waals surface area contributed by atoms with Gasteiger partial charge in [-0.2, -0.15) is 0 Å². The molecule has 0 aliphatic heterocycles. The molecule has 236 valence electrons. The highest BCUT2D eigenvalue weighted by atomic mass is 16.4. The van der Waals surface area contributed by atoms with E-state index in [0.717, 1.165) is 25.2 Å². The van der Waals surface area contributed by atoms with Crippen LogP contribution >= 0.6 is 0 Å². The smallest absolute Gasteiger partial charge is 0.335 e. The summed E-state index contributed by atoms with van der Waals surface area (Å²) in [6.07, 6.45) is 16.2. The Hall–Kier alpha value is -2.40. The number of amides is 1. The summed E-state index contributed by atoms with van der Waals surface area (Å²) in [6, 6.07) is 7.53. The first kappa shape index (κ1) is 32.0. The third kappa shape index (κ3) is 5.02. The molecule has 4 N–H and O–H groups in total. The van der Waals surface area contributed by atoms with Crippen LogP contribution < -0.4 is 11.1 Å². The van der Waals surface area contributed by atoms with Gasteiger partial charge in [0.25, 0.3) is 0 Å². The molecule has 4 fully saturated rings. The fourth-order valence-electron chi connectivity index (χ4n) is 11.9. The van der Waals surface area contributed by atoms with Gasteiger partial charge in [0.2, 0.25) is 5.91 Å². The van der Waals surface area contributed by atoms with Crippen LogP contribution in [-0.2, 0) is 4.79 Å². The summed E-state index contributed by atoms with van der Waals surface area (Å²) in [5, 5.41) is 12.6. The van der Waals surface area contributed by atoms with E-state index in [-0.39, 0.29) is 16.2 Å². The molecule has 5 aliphatic rings. The molecule has 5 aliphatic carbocycles. The van der Waals surface area contributed by atoms with E-state index < -0.39 is 5.97 Å². The first-order valence-electron chi connectivity index (χ1n) is 17.0. The van der Waals surface area contributed by atoms with Gasteiger partial charge in [-0.3, -0.25) is 4.79 Å². The van der Waals surface area contributed by atoms with Crippen LogP contribution in [0.3, 0.4) is 0 Å². The first-order valence-corrected chi connectivity index (χ1v) is 17.0. The maximum atomic E-state index is 13.5. The van der Waals surface area contributed by atoms with Gasteiger partial charge in [0, 0.05) is 13.1 Å². The van der Waals surface area contributed by atoms with Gasteiger partial charge in [-0.15, -0.1) is 6.58 Å². The Morgan fingerprint density at radius 1 is 0.953 bits per heavy atom. The number of rotatable bonds is 5. The highest BCUT2D eigenvalue weighted by Gasteiger charge is 2.66. The molecule has 0 spiro atoms. The molecule has 8 atom stereocenters. The quantitative estimate of drug-likeness (QED) is 0.303. The van der Waals surface area contributed by atoms with Crippen molar-refractivity contribution >= 4 is 17.4 Å². The molecule has 5 nitrogen and oxygen atoms in total. The van der Waals surface area contributed by atoms with Crippen molar-refractivity contribution in [2.45, 2.75) is 98.8 Å². The summed E-state index contributed by atoms with van der Waals surface area (Å²) in [5.74, 6) is 2.67. The summed E-state index contributed by atoms with van der Waals surface area (Å²) in [4.78, 5) is 24.9. The largest absolute Gasteiger partial charge is 0.478 e. The van der Waals surface area contributed by atoms with Gasteiger partial charge in [0.05, 0.1) is 11.0 Å². The minimum Gasteiger partial charge on any atom is -0.478 e. The maximum absolute atomic E-state index is 13.5. The van der Waals surface area contributed by atoms with E-state index in [1.807, 2.05) is 19.1 Å². The van der Waals surface area contributed by atoms with Crippen molar-refractivity contribution in [2.75, 3.05) is 13.1 Å². The summed E-state index contributed by atoms with van der Waals surface area (Å²) < 4.78 is 0. The molecule has 6 rings (SSSR count). The summed E-state index contributed by atoms with van der Waals surface area (Å²) in [6.45, 7) is 16.5. The molecule has 0 aromatic heterocycles. The lowest BCUT2D eigenvalue weighted by atomic mass is 9.36. The Bertz CT molecular complexity index is 1250. The number of carbonyl (C=O) groups excluding carboxylic acids is 1. The molecule has 0 saturated heterocycles. The van der Waals surface area contributed by atoms with Gasteiger partial charge in [-0.1, -0.05) is 58.4 Å². The predicted octanol–water partition coefficient (Wildman–Crippen LogP) is 8.11. The van der Waals surface area contributed by atoms with Crippen molar-refractivity contribution < 1.29 is 14.7 Å². The zero-order valence-electron chi connectivity index (χ0n) is 27.4. The summed E-state index contributed by atoms with van der Waals surface area (Å²) in [5.41, 5.74) is 9.13. The predicted molar refractivity (Wildman–Crippen MR) is 175 cm³/mol. The Kier molecular flexibility index (Phi) is 8.81. The summed E-state index contributed by atoms with van der Waals surface area (Å²) >= 11 is 0. The molecule has 4 saturated carbocycles. The van der Waals surface area contributed by atoms with Crippen LogP contribution in [0.25, 0.3) is 5.57 Å². The molecule has 43 heavy (non-hydrogen) atoms. The zero-order valence-corrected chi connectivity index (χ0v) is 27.4. The van der Waals surface area contributed by atoms with Crippen molar-refractivity contribution in [3.05, 3.63) is 54.1 Å². The second-order valence-electron chi connectivity index (χ2n) is 15.6. The van der Waals surface area contributed by atoms with Crippen molar-refractivity contribution in [1.29, 1.82) is 0 Å². The van der Waals surface area contributed by atoms with Gasteiger partial charge in [-0.25, -0.2) is 4.79 Å². The number of carbonyl (C=O) groups is 2. The second-order valence-corrected chi connectivity index (χ2v) is 15.6. The van der Waals surface area contributed by atoms with Crippen LogP contribution in [0.2, 0.25) is 0 Å². The molecule has 0 heterocycles. The van der Waals surface area contributed by atoms with Crippen LogP contribution in [-0.4, -0.2) is 30.1 Å². The average molecular weight is 589 g/mol. The van der Waals surface area contributed by atoms with E-state index >= 15 is 0 Å². The van der Waals surface area contributed by atoms with Gasteiger partial charge in [-0.05, 0) is 134 Å². The fraction of sp³-hybridized carbons (Fsp3) is 0.684. The van der Waals surface area contributed by atoms with Crippen LogP contribution in [0.4, 0.5) is 0 Å². The maximum Gasteiger partial charge on any atom is 0.335 e. The Morgan fingerprint density at radius 2 is 1.65 bits per heavy atom. The standard InChI is InChI=1S/C35H50N2O3.C3H6/c1-32(2)25(22-7-9-23(10-8-22)30(38)39)13-17-34(4)28(32)15-18-33(3)26-14-19-35(31(40)37-21-20-36)16-5-6-27(35)24(26)11-12-29(33)34;1-3-2/h7-10,13,24,26-29H,5-6,11-12,14-21,36H2,1-4H3,(H,37,40)(H,38,39);3H,1H2,2H3. The second kappa shape index (κ2) is 11.8. The Morgan fingerprint density at radius 3 is 2.30 bits per heavy atom. The van der Waals surface area contributed by atoms with E-state index in [1.165, 1.54) is 56.1 Å². The normalized spacial score (nSPS) is 38.9. The first-order chi connectivity index (χ1) is 20.4. The number of nitrogens with two attached hydrogens (primary N) is 1. The topological polar surface area (TPSA) is 92.4 Å². The van der Waals surface area contributed by atoms with E-state index in [2.05, 4.69) is 45.7 Å². The monoisotopic (exact) mass is 588 g/mol. The van der Waals surface area contributed by atoms with Crippen LogP contribution in [0.5, 0.6) is 0 Å². The minimum absolute atomic E-state index is 0.0319. The van der Waals surface area contributed by atoms with E-state index in [4.69, 9.17) is 5.73 Å². The van der Waals surface area contributed by atoms with Crippen LogP contribution in [0.1, 0.15) is 115 Å². The number of carboxylic acid groups (broad SMARTS) is 1. The molecule has 5 heteroatoms. The number of hydrogen-bond acceptors (Lipinski definition) is 3. The Balaban J connectivity index is 0.00000118. The van der Waals surface area contributed by atoms with Gasteiger partial charge in [0.15, 0.2) is 0 Å². The molecule has 1 aromatic carbocycles. The number of allylic oxidation sites excluding steroid dienone is 3.